The molecule has 1 N–H and O–H groups in total. The van der Waals surface area contributed by atoms with Crippen molar-refractivity contribution < 1.29 is 9.53 Å². The predicted octanol–water partition coefficient (Wildman–Crippen LogP) is 0.645. The Balaban J connectivity index is 2.03. The van der Waals surface area contributed by atoms with Gasteiger partial charge in [0.2, 0.25) is 5.91 Å². The Morgan fingerprint density at radius 1 is 1.75 bits per heavy atom. The maximum Gasteiger partial charge on any atom is 0.230 e. The molecule has 1 amide bonds. The molecule has 1 aliphatic heterocycles. The normalized spacial score (nSPS) is 22.6. The Labute approximate surface area is 77.2 Å². The van der Waals surface area contributed by atoms with Crippen molar-refractivity contribution in [3.8, 4) is 0 Å². The summed E-state index contributed by atoms with van der Waals surface area (Å²) in [6.07, 6.45) is 4.39. The Morgan fingerprint density at radius 3 is 3.17 bits per heavy atom. The molecule has 3 nitrogen and oxygen atoms in total. The molecule has 12 heavy (non-hydrogen) atoms. The van der Waals surface area contributed by atoms with E-state index in [9.17, 15) is 4.79 Å². The fourth-order valence-corrected chi connectivity index (χ4v) is 1.58. The minimum atomic E-state index is 0.109. The Kier molecular flexibility index (Phi) is 4.46. The number of amides is 1. The van der Waals surface area contributed by atoms with E-state index in [-0.39, 0.29) is 12.0 Å². The minimum absolute atomic E-state index is 0.109. The third kappa shape index (κ3) is 3.45. The zero-order valence-corrected chi connectivity index (χ0v) is 8.15. The summed E-state index contributed by atoms with van der Waals surface area (Å²) < 4.78 is 5.36. The van der Waals surface area contributed by atoms with E-state index in [2.05, 4.69) is 5.32 Å². The third-order valence-corrected chi connectivity index (χ3v) is 2.38. The van der Waals surface area contributed by atoms with Gasteiger partial charge in [-0.3, -0.25) is 4.79 Å². The van der Waals surface area contributed by atoms with Crippen LogP contribution in [0.3, 0.4) is 0 Å². The molecule has 0 saturated carbocycles. The molecule has 70 valence electrons. The van der Waals surface area contributed by atoms with Gasteiger partial charge in [-0.05, 0) is 19.1 Å². The van der Waals surface area contributed by atoms with Crippen molar-refractivity contribution in [2.45, 2.75) is 18.9 Å². The number of nitrogens with one attached hydrogen (secondary N) is 1. The number of hydrogen-bond acceptors (Lipinski definition) is 3. The van der Waals surface area contributed by atoms with E-state index in [4.69, 9.17) is 4.74 Å². The molecule has 0 radical (unpaired) electrons. The maximum atomic E-state index is 11.0. The van der Waals surface area contributed by atoms with Crippen LogP contribution in [-0.4, -0.2) is 37.2 Å². The molecule has 1 fully saturated rings. The van der Waals surface area contributed by atoms with Crippen LogP contribution in [0.25, 0.3) is 0 Å². The maximum absolute atomic E-state index is 11.0. The molecule has 0 bridgehead atoms. The van der Waals surface area contributed by atoms with Crippen molar-refractivity contribution in [1.82, 2.24) is 5.32 Å². The molecule has 4 heteroatoms. The molecule has 0 aromatic heterocycles. The molecular formula is C8H15NO2S. The van der Waals surface area contributed by atoms with Gasteiger partial charge in [0.25, 0.3) is 0 Å². The molecule has 0 aromatic rings. The van der Waals surface area contributed by atoms with E-state index in [1.54, 1.807) is 0 Å². The van der Waals surface area contributed by atoms with Crippen molar-refractivity contribution in [2.24, 2.45) is 0 Å². The van der Waals surface area contributed by atoms with E-state index in [0.29, 0.717) is 12.3 Å². The molecule has 0 aliphatic carbocycles. The van der Waals surface area contributed by atoms with E-state index in [1.807, 2.05) is 6.26 Å². The van der Waals surface area contributed by atoms with Crippen molar-refractivity contribution in [1.29, 1.82) is 0 Å². The van der Waals surface area contributed by atoms with Gasteiger partial charge in [-0.2, -0.15) is 11.8 Å². The van der Waals surface area contributed by atoms with Gasteiger partial charge in [0, 0.05) is 13.2 Å². The molecule has 1 atom stereocenters. The number of carbonyl (C=O) groups excluding carboxylic acids is 1. The second-order valence-corrected chi connectivity index (χ2v) is 3.74. The summed E-state index contributed by atoms with van der Waals surface area (Å²) in [4.78, 5) is 11.0. The first-order chi connectivity index (χ1) is 5.83. The summed E-state index contributed by atoms with van der Waals surface area (Å²) in [6, 6.07) is 0. The van der Waals surface area contributed by atoms with Crippen LogP contribution in [0.4, 0.5) is 0 Å². The number of rotatable bonds is 4. The largest absolute Gasteiger partial charge is 0.376 e. The number of ether oxygens (including phenoxy) is 1. The second-order valence-electron chi connectivity index (χ2n) is 2.87. The average Bonchev–Trinajstić information content (AvgIpc) is 2.53. The summed E-state index contributed by atoms with van der Waals surface area (Å²) >= 11 is 1.54. The summed E-state index contributed by atoms with van der Waals surface area (Å²) in [5, 5.41) is 2.84. The molecule has 1 saturated heterocycles. The highest BCUT2D eigenvalue weighted by atomic mass is 32.2. The van der Waals surface area contributed by atoms with E-state index in [1.165, 1.54) is 11.8 Å². The topological polar surface area (TPSA) is 38.3 Å². The lowest BCUT2D eigenvalue weighted by Gasteiger charge is -2.09. The van der Waals surface area contributed by atoms with Crippen molar-refractivity contribution in [3.05, 3.63) is 0 Å². The summed E-state index contributed by atoms with van der Waals surface area (Å²) in [7, 11) is 0. The molecule has 0 aromatic carbocycles. The van der Waals surface area contributed by atoms with Crippen LogP contribution in [0.15, 0.2) is 0 Å². The molecule has 1 heterocycles. The van der Waals surface area contributed by atoms with Crippen molar-refractivity contribution in [3.63, 3.8) is 0 Å². The zero-order valence-electron chi connectivity index (χ0n) is 7.34. The van der Waals surface area contributed by atoms with Crippen LogP contribution in [0, 0.1) is 0 Å². The van der Waals surface area contributed by atoms with Gasteiger partial charge in [-0.15, -0.1) is 0 Å². The van der Waals surface area contributed by atoms with Crippen LogP contribution >= 0.6 is 11.8 Å². The zero-order chi connectivity index (χ0) is 8.81. The van der Waals surface area contributed by atoms with Crippen LogP contribution in [0.1, 0.15) is 12.8 Å². The fraction of sp³-hybridized carbons (Fsp3) is 0.875. The lowest BCUT2D eigenvalue weighted by molar-refractivity contribution is -0.119. The van der Waals surface area contributed by atoms with Gasteiger partial charge in [0.1, 0.15) is 0 Å². The minimum Gasteiger partial charge on any atom is -0.376 e. The Hall–Kier alpha value is -0.220. The monoisotopic (exact) mass is 189 g/mol. The number of hydrogen-bond donors (Lipinski definition) is 1. The summed E-state index contributed by atoms with van der Waals surface area (Å²) in [5.41, 5.74) is 0. The van der Waals surface area contributed by atoms with Crippen LogP contribution in [0.2, 0.25) is 0 Å². The standard InChI is InChI=1S/C8H15NO2S/c1-12-6-8(10)9-5-7-3-2-4-11-7/h7H,2-6H2,1H3,(H,9,10)/t7-/m0/s1. The summed E-state index contributed by atoms with van der Waals surface area (Å²) in [5.74, 6) is 0.658. The molecule has 1 aliphatic rings. The van der Waals surface area contributed by atoms with Gasteiger partial charge >= 0.3 is 0 Å². The Bertz CT molecular complexity index is 146. The average molecular weight is 189 g/mol. The van der Waals surface area contributed by atoms with E-state index in [0.717, 1.165) is 19.4 Å². The Morgan fingerprint density at radius 2 is 2.58 bits per heavy atom. The van der Waals surface area contributed by atoms with Crippen LogP contribution in [-0.2, 0) is 9.53 Å². The van der Waals surface area contributed by atoms with Gasteiger partial charge < -0.3 is 10.1 Å². The van der Waals surface area contributed by atoms with Gasteiger partial charge in [-0.1, -0.05) is 0 Å². The third-order valence-electron chi connectivity index (χ3n) is 1.83. The quantitative estimate of drug-likeness (QED) is 0.705. The lowest BCUT2D eigenvalue weighted by Crippen LogP contribution is -2.32. The molecule has 0 spiro atoms. The first-order valence-electron chi connectivity index (χ1n) is 4.20. The van der Waals surface area contributed by atoms with Gasteiger partial charge in [-0.25, -0.2) is 0 Å². The predicted molar refractivity (Wildman–Crippen MR) is 50.4 cm³/mol. The van der Waals surface area contributed by atoms with Gasteiger partial charge in [0.05, 0.1) is 11.9 Å². The second kappa shape index (κ2) is 5.43. The first-order valence-corrected chi connectivity index (χ1v) is 5.59. The number of thioether (sulfide) groups is 1. The smallest absolute Gasteiger partial charge is 0.230 e. The molecule has 0 unspecified atom stereocenters. The highest BCUT2D eigenvalue weighted by Crippen LogP contribution is 2.10. The van der Waals surface area contributed by atoms with Crippen molar-refractivity contribution >= 4 is 17.7 Å². The molecule has 1 rings (SSSR count). The first kappa shape index (κ1) is 9.86. The SMILES string of the molecule is CSCC(=O)NC[C@@H]1CCCO1. The van der Waals surface area contributed by atoms with Crippen LogP contribution in [0.5, 0.6) is 0 Å². The lowest BCUT2D eigenvalue weighted by atomic mass is 10.2. The number of carbonyl (C=O) groups is 1. The summed E-state index contributed by atoms with van der Waals surface area (Å²) in [6.45, 7) is 1.53. The van der Waals surface area contributed by atoms with E-state index < -0.39 is 0 Å². The van der Waals surface area contributed by atoms with Crippen LogP contribution < -0.4 is 5.32 Å². The molecular weight excluding hydrogens is 174 g/mol. The van der Waals surface area contributed by atoms with Gasteiger partial charge in [0.15, 0.2) is 0 Å². The highest BCUT2D eigenvalue weighted by molar-refractivity contribution is 7.99. The fourth-order valence-electron chi connectivity index (χ4n) is 1.22. The highest BCUT2D eigenvalue weighted by Gasteiger charge is 2.15. The van der Waals surface area contributed by atoms with Crippen molar-refractivity contribution in [2.75, 3.05) is 25.2 Å². The van der Waals surface area contributed by atoms with E-state index >= 15 is 0 Å².